The van der Waals surface area contributed by atoms with E-state index in [-0.39, 0.29) is 24.9 Å². The SMILES string of the molecule is O=C(N1CCN(c2ncc(F)c(-c3cnn(CCO)c3)n2)CC1)N1N=CC[C@H]1c1cc(F)cc(F)c1. The number of amides is 2. The Balaban J connectivity index is 1.26. The molecule has 2 amide bonds. The summed E-state index contributed by atoms with van der Waals surface area (Å²) >= 11 is 0. The highest BCUT2D eigenvalue weighted by Gasteiger charge is 2.34. The molecule has 1 aromatic carbocycles. The number of urea groups is 1. The lowest BCUT2D eigenvalue weighted by molar-refractivity contribution is 0.139. The molecule has 36 heavy (non-hydrogen) atoms. The predicted octanol–water partition coefficient (Wildman–Crippen LogP) is 2.42. The second-order valence-electron chi connectivity index (χ2n) is 8.44. The highest BCUT2D eigenvalue weighted by Crippen LogP contribution is 2.31. The maximum atomic E-state index is 14.4. The minimum atomic E-state index is -0.711. The third-order valence-electron chi connectivity index (χ3n) is 6.10. The summed E-state index contributed by atoms with van der Waals surface area (Å²) in [5.41, 5.74) is 0.899. The number of piperazine rings is 1. The maximum absolute atomic E-state index is 14.4. The first kappa shape index (κ1) is 23.7. The molecule has 2 aliphatic heterocycles. The van der Waals surface area contributed by atoms with Crippen LogP contribution in [0.15, 0.2) is 41.9 Å². The van der Waals surface area contributed by atoms with Gasteiger partial charge in [0.1, 0.15) is 17.3 Å². The van der Waals surface area contributed by atoms with E-state index in [1.807, 2.05) is 4.90 Å². The number of aliphatic hydroxyl groups is 1. The summed E-state index contributed by atoms with van der Waals surface area (Å²) in [5.74, 6) is -1.70. The number of nitrogens with zero attached hydrogens (tertiary/aromatic N) is 8. The van der Waals surface area contributed by atoms with Gasteiger partial charge in [-0.1, -0.05) is 0 Å². The monoisotopic (exact) mass is 500 g/mol. The first-order chi connectivity index (χ1) is 17.4. The molecule has 0 unspecified atom stereocenters. The van der Waals surface area contributed by atoms with Crippen LogP contribution in [-0.4, -0.2) is 79.8 Å². The molecule has 0 aliphatic carbocycles. The van der Waals surface area contributed by atoms with Gasteiger partial charge in [0.2, 0.25) is 5.95 Å². The summed E-state index contributed by atoms with van der Waals surface area (Å²) in [5, 5.41) is 18.5. The van der Waals surface area contributed by atoms with Gasteiger partial charge in [-0.25, -0.2) is 32.9 Å². The van der Waals surface area contributed by atoms with Gasteiger partial charge in [0, 0.05) is 56.6 Å². The van der Waals surface area contributed by atoms with Crippen LogP contribution in [0.25, 0.3) is 11.3 Å². The zero-order valence-electron chi connectivity index (χ0n) is 19.1. The van der Waals surface area contributed by atoms with Crippen LogP contribution in [0.2, 0.25) is 0 Å². The molecule has 0 radical (unpaired) electrons. The molecule has 5 rings (SSSR count). The van der Waals surface area contributed by atoms with Gasteiger partial charge in [-0.05, 0) is 17.7 Å². The van der Waals surface area contributed by atoms with E-state index < -0.39 is 23.5 Å². The highest BCUT2D eigenvalue weighted by molar-refractivity contribution is 5.78. The quantitative estimate of drug-likeness (QED) is 0.577. The van der Waals surface area contributed by atoms with E-state index in [0.29, 0.717) is 49.7 Å². The van der Waals surface area contributed by atoms with Gasteiger partial charge in [-0.15, -0.1) is 0 Å². The second-order valence-corrected chi connectivity index (χ2v) is 8.44. The Morgan fingerprint density at radius 2 is 1.81 bits per heavy atom. The standard InChI is InChI=1S/C23H23F3N8O2/c24-17-9-15(10-18(25)11-17)20-1-2-28-34(20)23(36)32-5-3-31(4-6-32)22-27-13-19(26)21(30-22)16-12-29-33(14-16)7-8-35/h2,9-14,20,35H,1,3-8H2/t20-/m0/s1. The Hall–Kier alpha value is -4.00. The van der Waals surface area contributed by atoms with Gasteiger partial charge in [0.15, 0.2) is 5.82 Å². The molecule has 1 saturated heterocycles. The smallest absolute Gasteiger partial charge is 0.341 e. The van der Waals surface area contributed by atoms with Crippen LogP contribution in [0.3, 0.4) is 0 Å². The summed E-state index contributed by atoms with van der Waals surface area (Å²) in [4.78, 5) is 25.1. The van der Waals surface area contributed by atoms with Gasteiger partial charge in [-0.2, -0.15) is 10.2 Å². The van der Waals surface area contributed by atoms with Crippen molar-refractivity contribution in [3.05, 3.63) is 59.8 Å². The number of aliphatic hydroxyl groups excluding tert-OH is 1. The van der Waals surface area contributed by atoms with E-state index >= 15 is 0 Å². The molecule has 13 heteroatoms. The number of halogens is 3. The van der Waals surface area contributed by atoms with Crippen LogP contribution in [0.4, 0.5) is 23.9 Å². The third-order valence-corrected chi connectivity index (χ3v) is 6.10. The van der Waals surface area contributed by atoms with Crippen LogP contribution < -0.4 is 4.90 Å². The average Bonchev–Trinajstić information content (AvgIpc) is 3.54. The van der Waals surface area contributed by atoms with Crippen molar-refractivity contribution in [1.82, 2.24) is 29.7 Å². The largest absolute Gasteiger partial charge is 0.394 e. The highest BCUT2D eigenvalue weighted by atomic mass is 19.1. The lowest BCUT2D eigenvalue weighted by Gasteiger charge is -2.37. The molecule has 2 aliphatic rings. The van der Waals surface area contributed by atoms with E-state index in [1.165, 1.54) is 28.0 Å². The summed E-state index contributed by atoms with van der Waals surface area (Å²) < 4.78 is 43.4. The average molecular weight is 500 g/mol. The van der Waals surface area contributed by atoms with Gasteiger partial charge >= 0.3 is 6.03 Å². The van der Waals surface area contributed by atoms with Crippen molar-refractivity contribution >= 4 is 18.2 Å². The first-order valence-corrected chi connectivity index (χ1v) is 11.4. The summed E-state index contributed by atoms with van der Waals surface area (Å²) in [7, 11) is 0. The zero-order valence-corrected chi connectivity index (χ0v) is 19.1. The first-order valence-electron chi connectivity index (χ1n) is 11.4. The number of carbonyl (C=O) groups is 1. The molecule has 10 nitrogen and oxygen atoms in total. The summed E-state index contributed by atoms with van der Waals surface area (Å²) in [6.07, 6.45) is 6.08. The minimum Gasteiger partial charge on any atom is -0.394 e. The topological polar surface area (TPSA) is 103 Å². The number of hydrazone groups is 1. The molecule has 3 aromatic rings. The van der Waals surface area contributed by atoms with E-state index in [2.05, 4.69) is 20.2 Å². The fraction of sp³-hybridized carbons (Fsp3) is 0.348. The van der Waals surface area contributed by atoms with Crippen LogP contribution in [-0.2, 0) is 6.54 Å². The number of hydrogen-bond donors (Lipinski definition) is 1. The van der Waals surface area contributed by atoms with Crippen molar-refractivity contribution in [2.24, 2.45) is 5.10 Å². The molecule has 188 valence electrons. The minimum absolute atomic E-state index is 0.0930. The number of aromatic nitrogens is 4. The Kier molecular flexibility index (Phi) is 6.55. The molecule has 1 atom stereocenters. The molecule has 0 saturated carbocycles. The van der Waals surface area contributed by atoms with Gasteiger partial charge in [0.05, 0.1) is 31.6 Å². The molecular weight excluding hydrogens is 477 g/mol. The number of benzene rings is 1. The predicted molar refractivity (Wildman–Crippen MR) is 124 cm³/mol. The van der Waals surface area contributed by atoms with Crippen LogP contribution in [0.1, 0.15) is 18.0 Å². The van der Waals surface area contributed by atoms with Crippen molar-refractivity contribution in [3.8, 4) is 11.3 Å². The van der Waals surface area contributed by atoms with Gasteiger partial charge < -0.3 is 14.9 Å². The van der Waals surface area contributed by atoms with E-state index in [1.54, 1.807) is 17.3 Å². The number of rotatable bonds is 5. The Morgan fingerprint density at radius 3 is 2.53 bits per heavy atom. The summed E-state index contributed by atoms with van der Waals surface area (Å²) in [6.45, 7) is 1.66. The normalized spacial score (nSPS) is 17.8. The molecule has 2 aromatic heterocycles. The van der Waals surface area contributed by atoms with E-state index in [0.717, 1.165) is 12.3 Å². The molecule has 4 heterocycles. The molecule has 1 N–H and O–H groups in total. The van der Waals surface area contributed by atoms with Crippen molar-refractivity contribution in [1.29, 1.82) is 0 Å². The Labute approximate surface area is 204 Å². The fourth-order valence-corrected chi connectivity index (χ4v) is 4.31. The van der Waals surface area contributed by atoms with Crippen LogP contribution in [0.5, 0.6) is 0 Å². The van der Waals surface area contributed by atoms with Crippen molar-refractivity contribution < 1.29 is 23.1 Å². The lowest BCUT2D eigenvalue weighted by Crippen LogP contribution is -2.52. The Bertz CT molecular complexity index is 1270. The lowest BCUT2D eigenvalue weighted by atomic mass is 10.0. The Morgan fingerprint density at radius 1 is 1.06 bits per heavy atom. The zero-order chi connectivity index (χ0) is 25.2. The van der Waals surface area contributed by atoms with Crippen molar-refractivity contribution in [2.75, 3.05) is 37.7 Å². The third kappa shape index (κ3) is 4.73. The second kappa shape index (κ2) is 9.93. The van der Waals surface area contributed by atoms with Crippen LogP contribution in [0, 0.1) is 17.5 Å². The van der Waals surface area contributed by atoms with Gasteiger partial charge in [-0.3, -0.25) is 4.68 Å². The van der Waals surface area contributed by atoms with Crippen molar-refractivity contribution in [3.63, 3.8) is 0 Å². The van der Waals surface area contributed by atoms with Gasteiger partial charge in [0.25, 0.3) is 0 Å². The number of anilines is 1. The summed E-state index contributed by atoms with van der Waals surface area (Å²) in [6, 6.07) is 2.25. The molecular formula is C23H23F3N8O2. The van der Waals surface area contributed by atoms with E-state index in [9.17, 15) is 18.0 Å². The molecule has 0 bridgehead atoms. The molecule has 0 spiro atoms. The number of hydrogen-bond acceptors (Lipinski definition) is 7. The van der Waals surface area contributed by atoms with Crippen molar-refractivity contribution in [2.45, 2.75) is 19.0 Å². The van der Waals surface area contributed by atoms with E-state index in [4.69, 9.17) is 5.11 Å². The van der Waals surface area contributed by atoms with Crippen LogP contribution >= 0.6 is 0 Å². The fourth-order valence-electron chi connectivity index (χ4n) is 4.31. The molecule has 1 fully saturated rings. The number of carbonyl (C=O) groups excluding carboxylic acids is 1. The maximum Gasteiger partial charge on any atom is 0.341 e.